The average molecular weight is 302 g/mol. The molecule has 1 aliphatic carbocycles. The second-order valence-corrected chi connectivity index (χ2v) is 5.68. The van der Waals surface area contributed by atoms with E-state index in [0.29, 0.717) is 17.7 Å². The van der Waals surface area contributed by atoms with Gasteiger partial charge in [-0.05, 0) is 49.9 Å². The number of ether oxygens (including phenoxy) is 1. The Labute approximate surface area is 122 Å². The summed E-state index contributed by atoms with van der Waals surface area (Å²) < 4.78 is 43.9. The first-order valence-corrected chi connectivity index (χ1v) is 7.30. The largest absolute Gasteiger partial charge is 0.416 e. The molecule has 1 aromatic carbocycles. The molecule has 118 valence electrons. The van der Waals surface area contributed by atoms with Crippen molar-refractivity contribution in [1.29, 1.82) is 0 Å². The molecule has 0 radical (unpaired) electrons. The summed E-state index contributed by atoms with van der Waals surface area (Å²) in [5, 5.41) is 10.7. The molecular weight excluding hydrogens is 281 g/mol. The Balaban J connectivity index is 2.32. The van der Waals surface area contributed by atoms with Crippen molar-refractivity contribution >= 4 is 0 Å². The minimum absolute atomic E-state index is 0.448. The highest BCUT2D eigenvalue weighted by molar-refractivity contribution is 5.35. The topological polar surface area (TPSA) is 29.5 Å². The minimum atomic E-state index is -4.36. The van der Waals surface area contributed by atoms with Gasteiger partial charge >= 0.3 is 6.18 Å². The summed E-state index contributed by atoms with van der Waals surface area (Å²) in [5.74, 6) is 0. The van der Waals surface area contributed by atoms with E-state index in [-0.39, 0.29) is 0 Å². The van der Waals surface area contributed by atoms with Crippen LogP contribution in [-0.4, -0.2) is 17.3 Å². The molecule has 0 bridgehead atoms. The van der Waals surface area contributed by atoms with Gasteiger partial charge in [-0.15, -0.1) is 0 Å². The van der Waals surface area contributed by atoms with E-state index in [2.05, 4.69) is 0 Å². The van der Waals surface area contributed by atoms with E-state index in [0.717, 1.165) is 37.8 Å². The fraction of sp³-hybridized carbons (Fsp3) is 0.625. The predicted octanol–water partition coefficient (Wildman–Crippen LogP) is 4.40. The van der Waals surface area contributed by atoms with Gasteiger partial charge in [0.1, 0.15) is 6.10 Å². The van der Waals surface area contributed by atoms with Gasteiger partial charge in [-0.2, -0.15) is 13.2 Å². The number of rotatable bonds is 4. The lowest BCUT2D eigenvalue weighted by atomic mass is 9.86. The van der Waals surface area contributed by atoms with Crippen molar-refractivity contribution < 1.29 is 23.0 Å². The van der Waals surface area contributed by atoms with Gasteiger partial charge in [0.05, 0.1) is 11.2 Å². The summed E-state index contributed by atoms with van der Waals surface area (Å²) in [6, 6.07) is 3.50. The van der Waals surface area contributed by atoms with E-state index in [4.69, 9.17) is 4.74 Å². The number of alkyl halides is 3. The summed E-state index contributed by atoms with van der Waals surface area (Å²) in [6.45, 7) is 3.95. The third kappa shape index (κ3) is 3.24. The smallest absolute Gasteiger partial charge is 0.385 e. The Morgan fingerprint density at radius 2 is 1.90 bits per heavy atom. The molecule has 1 aromatic rings. The van der Waals surface area contributed by atoms with Gasteiger partial charge in [0, 0.05) is 6.61 Å². The van der Waals surface area contributed by atoms with Gasteiger partial charge in [0.15, 0.2) is 0 Å². The van der Waals surface area contributed by atoms with Gasteiger partial charge in [-0.1, -0.05) is 18.9 Å². The maximum Gasteiger partial charge on any atom is 0.416 e. The van der Waals surface area contributed by atoms with Crippen LogP contribution in [0.25, 0.3) is 0 Å². The third-order valence-electron chi connectivity index (χ3n) is 4.27. The van der Waals surface area contributed by atoms with Crippen molar-refractivity contribution in [3.8, 4) is 0 Å². The number of aliphatic hydroxyl groups is 1. The fourth-order valence-corrected chi connectivity index (χ4v) is 3.20. The van der Waals surface area contributed by atoms with Gasteiger partial charge in [0.2, 0.25) is 0 Å². The van der Waals surface area contributed by atoms with Crippen molar-refractivity contribution in [3.63, 3.8) is 0 Å². The van der Waals surface area contributed by atoms with Crippen LogP contribution in [0.3, 0.4) is 0 Å². The number of halogens is 3. The van der Waals surface area contributed by atoms with Crippen LogP contribution >= 0.6 is 0 Å². The number of aliphatic hydroxyl groups excluding tert-OH is 1. The number of benzene rings is 1. The Morgan fingerprint density at radius 1 is 1.29 bits per heavy atom. The molecule has 0 amide bonds. The van der Waals surface area contributed by atoms with Crippen molar-refractivity contribution in [3.05, 3.63) is 34.9 Å². The molecule has 0 heterocycles. The molecule has 1 N–H and O–H groups in total. The quantitative estimate of drug-likeness (QED) is 0.893. The second-order valence-electron chi connectivity index (χ2n) is 5.68. The van der Waals surface area contributed by atoms with Crippen LogP contribution in [0.5, 0.6) is 0 Å². The first-order chi connectivity index (χ1) is 9.80. The number of hydrogen-bond donors (Lipinski definition) is 1. The third-order valence-corrected chi connectivity index (χ3v) is 4.27. The molecule has 1 unspecified atom stereocenters. The van der Waals surface area contributed by atoms with Crippen LogP contribution in [0.2, 0.25) is 0 Å². The molecule has 0 aromatic heterocycles. The molecule has 5 heteroatoms. The Kier molecular flexibility index (Phi) is 4.63. The second kappa shape index (κ2) is 5.97. The first kappa shape index (κ1) is 16.3. The molecule has 0 aliphatic heterocycles. The molecule has 1 aliphatic rings. The van der Waals surface area contributed by atoms with Gasteiger partial charge in [0.25, 0.3) is 0 Å². The van der Waals surface area contributed by atoms with Crippen LogP contribution in [-0.2, 0) is 10.9 Å². The van der Waals surface area contributed by atoms with Crippen LogP contribution in [0.1, 0.15) is 55.4 Å². The van der Waals surface area contributed by atoms with Crippen LogP contribution in [0.4, 0.5) is 13.2 Å². The van der Waals surface area contributed by atoms with E-state index in [1.54, 1.807) is 6.92 Å². The monoisotopic (exact) mass is 302 g/mol. The molecular formula is C16H21F3O2. The predicted molar refractivity (Wildman–Crippen MR) is 74.0 cm³/mol. The lowest BCUT2D eigenvalue weighted by Crippen LogP contribution is -2.37. The Morgan fingerprint density at radius 3 is 2.38 bits per heavy atom. The molecule has 2 rings (SSSR count). The Hall–Kier alpha value is -1.07. The summed E-state index contributed by atoms with van der Waals surface area (Å²) in [5.41, 5.74) is -0.367. The highest BCUT2D eigenvalue weighted by Crippen LogP contribution is 2.44. The number of hydrogen-bond acceptors (Lipinski definition) is 2. The molecule has 1 saturated carbocycles. The van der Waals surface area contributed by atoms with Crippen LogP contribution in [0, 0.1) is 6.92 Å². The number of aryl methyl sites for hydroxylation is 1. The summed E-state index contributed by atoms with van der Waals surface area (Å²) in [4.78, 5) is 0. The zero-order valence-corrected chi connectivity index (χ0v) is 12.3. The van der Waals surface area contributed by atoms with E-state index >= 15 is 0 Å². The molecule has 0 saturated heterocycles. The normalized spacial score (nSPS) is 19.7. The highest BCUT2D eigenvalue weighted by Gasteiger charge is 2.43. The van der Waals surface area contributed by atoms with E-state index in [1.165, 1.54) is 6.07 Å². The summed E-state index contributed by atoms with van der Waals surface area (Å²) in [6.07, 6.45) is -1.83. The molecule has 21 heavy (non-hydrogen) atoms. The lowest BCUT2D eigenvalue weighted by Gasteiger charge is -2.35. The summed E-state index contributed by atoms with van der Waals surface area (Å²) >= 11 is 0. The van der Waals surface area contributed by atoms with Gasteiger partial charge in [-0.25, -0.2) is 0 Å². The average Bonchev–Trinajstić information content (AvgIpc) is 2.87. The lowest BCUT2D eigenvalue weighted by molar-refractivity contribution is -0.137. The summed E-state index contributed by atoms with van der Waals surface area (Å²) in [7, 11) is 0. The van der Waals surface area contributed by atoms with Gasteiger partial charge < -0.3 is 9.84 Å². The van der Waals surface area contributed by atoms with Crippen molar-refractivity contribution in [2.24, 2.45) is 0 Å². The maximum atomic E-state index is 12.7. The fourth-order valence-electron chi connectivity index (χ4n) is 3.20. The van der Waals surface area contributed by atoms with Crippen LogP contribution < -0.4 is 0 Å². The van der Waals surface area contributed by atoms with Crippen molar-refractivity contribution in [1.82, 2.24) is 0 Å². The van der Waals surface area contributed by atoms with Crippen molar-refractivity contribution in [2.45, 2.75) is 57.4 Å². The zero-order chi connectivity index (χ0) is 15.7. The molecule has 1 atom stereocenters. The maximum absolute atomic E-state index is 12.7. The van der Waals surface area contributed by atoms with Crippen LogP contribution in [0.15, 0.2) is 18.2 Å². The zero-order valence-electron chi connectivity index (χ0n) is 12.3. The van der Waals surface area contributed by atoms with E-state index in [9.17, 15) is 18.3 Å². The van der Waals surface area contributed by atoms with E-state index < -0.39 is 23.4 Å². The van der Waals surface area contributed by atoms with E-state index in [1.807, 2.05) is 6.92 Å². The SMILES string of the molecule is CCOC1(C(O)c2ccc(C(F)(F)F)cc2C)CCCC1. The van der Waals surface area contributed by atoms with Crippen molar-refractivity contribution in [2.75, 3.05) is 6.61 Å². The minimum Gasteiger partial charge on any atom is -0.385 e. The molecule has 2 nitrogen and oxygen atoms in total. The van der Waals surface area contributed by atoms with Gasteiger partial charge in [-0.3, -0.25) is 0 Å². The molecule has 1 fully saturated rings. The molecule has 0 spiro atoms. The first-order valence-electron chi connectivity index (χ1n) is 7.30. The Bertz CT molecular complexity index is 491. The standard InChI is InChI=1S/C16H21F3O2/c1-3-21-15(8-4-5-9-15)14(20)13-7-6-12(10-11(13)2)16(17,18)19/h6-7,10,14,20H,3-5,8-9H2,1-2H3. The highest BCUT2D eigenvalue weighted by atomic mass is 19.4.